The largest absolute Gasteiger partial charge is 0.416 e. The average molecular weight is 388 g/mol. The number of halogens is 3. The number of alkyl halides is 3. The lowest BCUT2D eigenvalue weighted by Crippen LogP contribution is -2.26. The molecular weight excluding hydrogens is 373 g/mol. The third kappa shape index (κ3) is 3.60. The lowest BCUT2D eigenvalue weighted by molar-refractivity contribution is -0.139. The summed E-state index contributed by atoms with van der Waals surface area (Å²) in [6.07, 6.45) is -1.14. The summed E-state index contributed by atoms with van der Waals surface area (Å²) in [6, 6.07) is 8.79. The molecule has 1 fully saturated rings. The molecule has 4 rings (SSSR count). The van der Waals surface area contributed by atoms with Crippen LogP contribution in [0.2, 0.25) is 0 Å². The molecule has 0 saturated carbocycles. The number of amides is 1. The Kier molecular flexibility index (Phi) is 4.58. The number of aromatic nitrogens is 3. The molecule has 0 aliphatic carbocycles. The number of hydrogen-bond acceptors (Lipinski definition) is 5. The molecule has 3 aromatic rings. The van der Waals surface area contributed by atoms with Gasteiger partial charge in [-0.05, 0) is 23.8 Å². The first kappa shape index (κ1) is 18.1. The van der Waals surface area contributed by atoms with Gasteiger partial charge in [0.15, 0.2) is 0 Å². The Hall–Kier alpha value is -3.23. The van der Waals surface area contributed by atoms with Crippen LogP contribution in [-0.2, 0) is 17.5 Å². The van der Waals surface area contributed by atoms with E-state index in [4.69, 9.17) is 4.52 Å². The number of pyridine rings is 1. The van der Waals surface area contributed by atoms with Gasteiger partial charge in [0.25, 0.3) is 0 Å². The molecule has 1 aliphatic heterocycles. The van der Waals surface area contributed by atoms with Crippen LogP contribution in [0.1, 0.15) is 29.4 Å². The maximum atomic E-state index is 13.2. The topological polar surface area (TPSA) is 72.1 Å². The Morgan fingerprint density at radius 1 is 1.18 bits per heavy atom. The molecule has 0 spiro atoms. The second-order valence-corrected chi connectivity index (χ2v) is 6.53. The maximum Gasteiger partial charge on any atom is 0.416 e. The molecule has 1 unspecified atom stereocenters. The van der Waals surface area contributed by atoms with E-state index in [-0.39, 0.29) is 36.9 Å². The molecule has 2 aromatic heterocycles. The molecule has 144 valence electrons. The molecule has 1 aliphatic rings. The molecule has 0 radical (unpaired) electrons. The lowest BCUT2D eigenvalue weighted by Gasteiger charge is -2.19. The third-order valence-corrected chi connectivity index (χ3v) is 4.61. The van der Waals surface area contributed by atoms with Crippen LogP contribution in [0, 0.1) is 0 Å². The number of hydrogen-bond donors (Lipinski definition) is 0. The SMILES string of the molecule is O=C1CC(c2nc(-c3cccnc3)no2)CN1Cc1ccccc1C(F)(F)F. The molecule has 28 heavy (non-hydrogen) atoms. The number of carbonyl (C=O) groups is 1. The summed E-state index contributed by atoms with van der Waals surface area (Å²) >= 11 is 0. The zero-order valence-corrected chi connectivity index (χ0v) is 14.6. The fraction of sp³-hybridized carbons (Fsp3) is 0.263. The summed E-state index contributed by atoms with van der Waals surface area (Å²) < 4.78 is 44.8. The first-order valence-corrected chi connectivity index (χ1v) is 8.58. The summed E-state index contributed by atoms with van der Waals surface area (Å²) in [5.41, 5.74) is 0.00580. The van der Waals surface area contributed by atoms with Crippen molar-refractivity contribution in [1.82, 2.24) is 20.0 Å². The number of likely N-dealkylation sites (tertiary alicyclic amines) is 1. The Balaban J connectivity index is 1.51. The van der Waals surface area contributed by atoms with Crippen molar-refractivity contribution in [2.45, 2.75) is 25.1 Å². The Bertz CT molecular complexity index is 988. The van der Waals surface area contributed by atoms with Crippen molar-refractivity contribution >= 4 is 5.91 Å². The summed E-state index contributed by atoms with van der Waals surface area (Å²) in [4.78, 5) is 22.0. The summed E-state index contributed by atoms with van der Waals surface area (Å²) in [5.74, 6) is 0.0433. The zero-order valence-electron chi connectivity index (χ0n) is 14.6. The summed E-state index contributed by atoms with van der Waals surface area (Å²) in [6.45, 7) is 0.105. The predicted octanol–water partition coefficient (Wildman–Crippen LogP) is 3.67. The molecule has 6 nitrogen and oxygen atoms in total. The number of nitrogens with zero attached hydrogens (tertiary/aromatic N) is 4. The molecular formula is C19H15F3N4O2. The first-order chi connectivity index (χ1) is 13.4. The standard InChI is InChI=1S/C19H15F3N4O2/c20-19(21,22)15-6-2-1-4-13(15)10-26-11-14(8-16(26)27)18-24-17(25-28-18)12-5-3-7-23-9-12/h1-7,9,14H,8,10-11H2. The Morgan fingerprint density at radius 3 is 2.75 bits per heavy atom. The summed E-state index contributed by atoms with van der Waals surface area (Å²) in [7, 11) is 0. The van der Waals surface area contributed by atoms with Gasteiger partial charge in [0.05, 0.1) is 11.5 Å². The van der Waals surface area contributed by atoms with Crippen LogP contribution in [-0.4, -0.2) is 32.5 Å². The molecule has 1 atom stereocenters. The molecule has 9 heteroatoms. The van der Waals surface area contributed by atoms with Crippen LogP contribution in [0.4, 0.5) is 13.2 Å². The van der Waals surface area contributed by atoms with Crippen LogP contribution in [0.25, 0.3) is 11.4 Å². The minimum absolute atomic E-state index is 0.0607. The van der Waals surface area contributed by atoms with Gasteiger partial charge in [-0.3, -0.25) is 9.78 Å². The van der Waals surface area contributed by atoms with Gasteiger partial charge in [-0.15, -0.1) is 0 Å². The normalized spacial score (nSPS) is 17.3. The Labute approximate surface area is 158 Å². The van der Waals surface area contributed by atoms with Gasteiger partial charge in [-0.1, -0.05) is 23.4 Å². The van der Waals surface area contributed by atoms with E-state index in [2.05, 4.69) is 15.1 Å². The van der Waals surface area contributed by atoms with Gasteiger partial charge >= 0.3 is 6.18 Å². The van der Waals surface area contributed by atoms with Gasteiger partial charge in [0, 0.05) is 37.5 Å². The van der Waals surface area contributed by atoms with Crippen molar-refractivity contribution in [1.29, 1.82) is 0 Å². The van der Waals surface area contributed by atoms with Gasteiger partial charge in [-0.2, -0.15) is 18.2 Å². The van der Waals surface area contributed by atoms with Crippen LogP contribution < -0.4 is 0 Å². The monoisotopic (exact) mass is 388 g/mol. The van der Waals surface area contributed by atoms with Crippen LogP contribution >= 0.6 is 0 Å². The molecule has 1 aromatic carbocycles. The maximum absolute atomic E-state index is 13.2. The minimum atomic E-state index is -4.47. The highest BCUT2D eigenvalue weighted by molar-refractivity contribution is 5.79. The van der Waals surface area contributed by atoms with Crippen molar-refractivity contribution in [3.05, 3.63) is 65.8 Å². The van der Waals surface area contributed by atoms with Gasteiger partial charge < -0.3 is 9.42 Å². The smallest absolute Gasteiger partial charge is 0.339 e. The van der Waals surface area contributed by atoms with E-state index in [1.165, 1.54) is 23.1 Å². The van der Waals surface area contributed by atoms with Gasteiger partial charge in [0.2, 0.25) is 17.6 Å². The van der Waals surface area contributed by atoms with Crippen molar-refractivity contribution in [2.24, 2.45) is 0 Å². The highest BCUT2D eigenvalue weighted by atomic mass is 19.4. The third-order valence-electron chi connectivity index (χ3n) is 4.61. The van der Waals surface area contributed by atoms with E-state index >= 15 is 0 Å². The van der Waals surface area contributed by atoms with Crippen LogP contribution in [0.5, 0.6) is 0 Å². The molecule has 1 amide bonds. The highest BCUT2D eigenvalue weighted by Gasteiger charge is 2.37. The number of carbonyl (C=O) groups excluding carboxylic acids is 1. The van der Waals surface area contributed by atoms with Crippen LogP contribution in [0.15, 0.2) is 53.3 Å². The summed E-state index contributed by atoms with van der Waals surface area (Å²) in [5, 5.41) is 3.91. The molecule has 0 N–H and O–H groups in total. The quantitative estimate of drug-likeness (QED) is 0.682. The van der Waals surface area contributed by atoms with Crippen LogP contribution in [0.3, 0.4) is 0 Å². The molecule has 0 bridgehead atoms. The van der Waals surface area contributed by atoms with Gasteiger partial charge in [0.1, 0.15) is 0 Å². The van der Waals surface area contributed by atoms with Crippen molar-refractivity contribution in [2.75, 3.05) is 6.54 Å². The van der Waals surface area contributed by atoms with E-state index in [1.54, 1.807) is 24.5 Å². The van der Waals surface area contributed by atoms with E-state index in [1.807, 2.05) is 0 Å². The zero-order chi connectivity index (χ0) is 19.7. The Morgan fingerprint density at radius 2 is 2.00 bits per heavy atom. The second-order valence-electron chi connectivity index (χ2n) is 6.53. The predicted molar refractivity (Wildman–Crippen MR) is 91.7 cm³/mol. The fourth-order valence-corrected chi connectivity index (χ4v) is 3.24. The average Bonchev–Trinajstić information content (AvgIpc) is 3.30. The van der Waals surface area contributed by atoms with Crippen molar-refractivity contribution in [3.63, 3.8) is 0 Å². The van der Waals surface area contributed by atoms with Crippen molar-refractivity contribution < 1.29 is 22.5 Å². The lowest BCUT2D eigenvalue weighted by atomic mass is 10.1. The second kappa shape index (κ2) is 7.06. The molecule has 3 heterocycles. The van der Waals surface area contributed by atoms with E-state index in [0.29, 0.717) is 17.3 Å². The van der Waals surface area contributed by atoms with Crippen molar-refractivity contribution in [3.8, 4) is 11.4 Å². The first-order valence-electron chi connectivity index (χ1n) is 8.58. The van der Waals surface area contributed by atoms with E-state index in [0.717, 1.165) is 6.07 Å². The minimum Gasteiger partial charge on any atom is -0.339 e. The van der Waals surface area contributed by atoms with Gasteiger partial charge in [-0.25, -0.2) is 0 Å². The number of rotatable bonds is 4. The highest BCUT2D eigenvalue weighted by Crippen LogP contribution is 2.34. The van der Waals surface area contributed by atoms with E-state index in [9.17, 15) is 18.0 Å². The van der Waals surface area contributed by atoms with E-state index < -0.39 is 11.7 Å². The fourth-order valence-electron chi connectivity index (χ4n) is 3.24. The molecule has 1 saturated heterocycles. The number of benzene rings is 1.